The lowest BCUT2D eigenvalue weighted by Gasteiger charge is -2.12. The molecule has 1 heterocycles. The minimum absolute atomic E-state index is 0.0157. The molecule has 0 saturated carbocycles. The van der Waals surface area contributed by atoms with Gasteiger partial charge in [-0.25, -0.2) is 4.79 Å². The number of hydrogen-bond acceptors (Lipinski definition) is 3. The molecular weight excluding hydrogens is 268 g/mol. The van der Waals surface area contributed by atoms with Crippen LogP contribution in [0.1, 0.15) is 42.1 Å². The molecular formula is C16H18N2O3. The highest BCUT2D eigenvalue weighted by Gasteiger charge is 2.12. The Bertz CT molecular complexity index is 744. The van der Waals surface area contributed by atoms with Crippen LogP contribution in [0.15, 0.2) is 46.1 Å². The van der Waals surface area contributed by atoms with Crippen molar-refractivity contribution in [2.24, 2.45) is 0 Å². The number of carbonyl (C=O) groups is 1. The lowest BCUT2D eigenvalue weighted by molar-refractivity contribution is 0.101. The maximum absolute atomic E-state index is 12.1. The summed E-state index contributed by atoms with van der Waals surface area (Å²) in [5, 5.41) is 0. The molecule has 1 atom stereocenters. The first-order valence-corrected chi connectivity index (χ1v) is 6.89. The number of carbonyl (C=O) groups excluding carboxylic acids is 1. The molecule has 0 bridgehead atoms. The van der Waals surface area contributed by atoms with E-state index in [0.717, 1.165) is 10.1 Å². The number of hydrogen-bond donors (Lipinski definition) is 1. The molecule has 1 N–H and O–H groups in total. The van der Waals surface area contributed by atoms with E-state index in [1.165, 1.54) is 13.1 Å². The third kappa shape index (κ3) is 3.37. The van der Waals surface area contributed by atoms with E-state index < -0.39 is 11.2 Å². The average molecular weight is 286 g/mol. The summed E-state index contributed by atoms with van der Waals surface area (Å²) in [6.07, 6.45) is 1.83. The van der Waals surface area contributed by atoms with Crippen LogP contribution in [0.4, 0.5) is 0 Å². The number of benzene rings is 1. The molecule has 1 aromatic carbocycles. The number of nitrogens with zero attached hydrogens (tertiary/aromatic N) is 1. The molecule has 1 aromatic heterocycles. The van der Waals surface area contributed by atoms with Crippen molar-refractivity contribution in [1.82, 2.24) is 9.55 Å². The van der Waals surface area contributed by atoms with E-state index >= 15 is 0 Å². The Balaban J connectivity index is 2.21. The topological polar surface area (TPSA) is 71.9 Å². The summed E-state index contributed by atoms with van der Waals surface area (Å²) in [7, 11) is 0. The fourth-order valence-electron chi connectivity index (χ4n) is 2.24. The van der Waals surface area contributed by atoms with Gasteiger partial charge in [0, 0.05) is 12.7 Å². The number of aromatic nitrogens is 2. The number of nitrogens with one attached hydrogen (secondary N) is 1. The van der Waals surface area contributed by atoms with E-state index in [1.54, 1.807) is 0 Å². The van der Waals surface area contributed by atoms with Crippen molar-refractivity contribution in [2.45, 2.75) is 32.7 Å². The van der Waals surface area contributed by atoms with Gasteiger partial charge in [-0.2, -0.15) is 0 Å². The second-order valence-corrected chi connectivity index (χ2v) is 5.12. The second-order valence-electron chi connectivity index (χ2n) is 5.12. The quantitative estimate of drug-likeness (QED) is 0.854. The summed E-state index contributed by atoms with van der Waals surface area (Å²) in [6.45, 7) is 3.64. The third-order valence-corrected chi connectivity index (χ3v) is 3.59. The van der Waals surface area contributed by atoms with E-state index in [1.807, 2.05) is 37.3 Å². The molecule has 110 valence electrons. The molecule has 0 fully saturated rings. The van der Waals surface area contributed by atoms with Gasteiger partial charge in [-0.05, 0) is 24.8 Å². The van der Waals surface area contributed by atoms with Crippen molar-refractivity contribution in [3.8, 4) is 0 Å². The van der Waals surface area contributed by atoms with Gasteiger partial charge in [-0.15, -0.1) is 0 Å². The van der Waals surface area contributed by atoms with E-state index in [9.17, 15) is 14.4 Å². The molecule has 2 aromatic rings. The number of rotatable bonds is 5. The summed E-state index contributed by atoms with van der Waals surface area (Å²) in [5.41, 5.74) is 0.170. The molecule has 1 unspecified atom stereocenters. The lowest BCUT2D eigenvalue weighted by Crippen LogP contribution is -2.38. The van der Waals surface area contributed by atoms with E-state index in [2.05, 4.69) is 4.98 Å². The normalized spacial score (nSPS) is 12.1. The smallest absolute Gasteiger partial charge is 0.313 e. The summed E-state index contributed by atoms with van der Waals surface area (Å²) in [5.74, 6) is -0.125. The molecule has 0 aliphatic carbocycles. The summed E-state index contributed by atoms with van der Waals surface area (Å²) < 4.78 is 1.09. The van der Waals surface area contributed by atoms with Gasteiger partial charge in [0.15, 0.2) is 5.78 Å². The van der Waals surface area contributed by atoms with Crippen LogP contribution < -0.4 is 11.2 Å². The molecule has 5 heteroatoms. The van der Waals surface area contributed by atoms with Crippen molar-refractivity contribution in [3.63, 3.8) is 0 Å². The molecule has 0 radical (unpaired) electrons. The highest BCUT2D eigenvalue weighted by atomic mass is 16.2. The van der Waals surface area contributed by atoms with Crippen LogP contribution in [-0.2, 0) is 6.54 Å². The molecule has 0 aliphatic rings. The molecule has 0 saturated heterocycles. The van der Waals surface area contributed by atoms with Crippen LogP contribution in [0.3, 0.4) is 0 Å². The summed E-state index contributed by atoms with van der Waals surface area (Å²) in [4.78, 5) is 37.7. The zero-order chi connectivity index (χ0) is 15.4. The zero-order valence-corrected chi connectivity index (χ0v) is 12.1. The Labute approximate surface area is 122 Å². The fourth-order valence-corrected chi connectivity index (χ4v) is 2.24. The predicted molar refractivity (Wildman–Crippen MR) is 80.8 cm³/mol. The molecule has 5 nitrogen and oxygen atoms in total. The Kier molecular flexibility index (Phi) is 4.52. The number of aromatic amines is 1. The first kappa shape index (κ1) is 15.0. The summed E-state index contributed by atoms with van der Waals surface area (Å²) >= 11 is 0. The highest BCUT2D eigenvalue weighted by molar-refractivity contribution is 5.93. The van der Waals surface area contributed by atoms with Crippen molar-refractivity contribution < 1.29 is 4.79 Å². The van der Waals surface area contributed by atoms with E-state index in [0.29, 0.717) is 6.42 Å². The maximum atomic E-state index is 12.1. The van der Waals surface area contributed by atoms with Gasteiger partial charge in [0.2, 0.25) is 0 Å². The van der Waals surface area contributed by atoms with Gasteiger partial charge >= 0.3 is 5.69 Å². The Morgan fingerprint density at radius 3 is 2.52 bits per heavy atom. The van der Waals surface area contributed by atoms with Crippen molar-refractivity contribution in [1.29, 1.82) is 0 Å². The minimum atomic E-state index is -0.522. The number of Topliss-reactive ketones (excluding diaryl/α,β-unsaturated/α-hetero) is 1. The van der Waals surface area contributed by atoms with Crippen LogP contribution in [0.25, 0.3) is 0 Å². The minimum Gasteiger partial charge on any atom is -0.313 e. The Hall–Kier alpha value is -2.43. The molecule has 21 heavy (non-hydrogen) atoms. The third-order valence-electron chi connectivity index (χ3n) is 3.59. The van der Waals surface area contributed by atoms with Crippen LogP contribution in [0.5, 0.6) is 0 Å². The second kappa shape index (κ2) is 6.35. The predicted octanol–water partition coefficient (Wildman–Crippen LogP) is 1.93. The van der Waals surface area contributed by atoms with Gasteiger partial charge in [0.05, 0.1) is 5.56 Å². The molecule has 0 aliphatic heterocycles. The first-order chi connectivity index (χ1) is 10.0. The van der Waals surface area contributed by atoms with Crippen LogP contribution in [0.2, 0.25) is 0 Å². The molecule has 0 amide bonds. The van der Waals surface area contributed by atoms with Gasteiger partial charge in [0.25, 0.3) is 5.56 Å². The van der Waals surface area contributed by atoms with Crippen molar-refractivity contribution in [2.75, 3.05) is 0 Å². The first-order valence-electron chi connectivity index (χ1n) is 6.89. The van der Waals surface area contributed by atoms with Gasteiger partial charge in [-0.1, -0.05) is 37.3 Å². The van der Waals surface area contributed by atoms with Gasteiger partial charge in [0.1, 0.15) is 0 Å². The SMILES string of the molecule is CC(=O)c1c[nH]c(=O)n(CCC(C)c2ccccc2)c1=O. The van der Waals surface area contributed by atoms with Crippen LogP contribution in [0, 0.1) is 0 Å². The number of ketones is 1. The monoisotopic (exact) mass is 286 g/mol. The van der Waals surface area contributed by atoms with E-state index in [4.69, 9.17) is 0 Å². The summed E-state index contributed by atoms with van der Waals surface area (Å²) in [6, 6.07) is 9.90. The number of H-pyrrole nitrogens is 1. The Morgan fingerprint density at radius 1 is 1.24 bits per heavy atom. The maximum Gasteiger partial charge on any atom is 0.328 e. The zero-order valence-electron chi connectivity index (χ0n) is 12.1. The molecule has 0 spiro atoms. The van der Waals surface area contributed by atoms with Crippen molar-refractivity contribution >= 4 is 5.78 Å². The fraction of sp³-hybridized carbons (Fsp3) is 0.312. The molecule has 2 rings (SSSR count). The standard InChI is InChI=1S/C16H18N2O3/c1-11(13-6-4-3-5-7-13)8-9-18-15(20)14(12(2)19)10-17-16(18)21/h3-7,10-11H,8-9H2,1-2H3,(H,17,21). The lowest BCUT2D eigenvalue weighted by atomic mass is 9.98. The average Bonchev–Trinajstić information content (AvgIpc) is 2.47. The van der Waals surface area contributed by atoms with Gasteiger partial charge < -0.3 is 4.98 Å². The largest absolute Gasteiger partial charge is 0.328 e. The van der Waals surface area contributed by atoms with Gasteiger partial charge in [-0.3, -0.25) is 14.2 Å². The van der Waals surface area contributed by atoms with Crippen LogP contribution in [-0.4, -0.2) is 15.3 Å². The Morgan fingerprint density at radius 2 is 1.90 bits per heavy atom. The van der Waals surface area contributed by atoms with E-state index in [-0.39, 0.29) is 23.8 Å². The highest BCUT2D eigenvalue weighted by Crippen LogP contribution is 2.18. The van der Waals surface area contributed by atoms with Crippen LogP contribution >= 0.6 is 0 Å². The van der Waals surface area contributed by atoms with Crippen molar-refractivity contribution in [3.05, 3.63) is 68.5 Å².